The van der Waals surface area contributed by atoms with Gasteiger partial charge in [0.1, 0.15) is 0 Å². The van der Waals surface area contributed by atoms with Crippen molar-refractivity contribution >= 4 is 29.1 Å². The van der Waals surface area contributed by atoms with E-state index in [-0.39, 0.29) is 23.4 Å². The summed E-state index contributed by atoms with van der Waals surface area (Å²) in [5.74, 6) is -2.14. The Labute approximate surface area is 257 Å². The van der Waals surface area contributed by atoms with Gasteiger partial charge in [-0.05, 0) is 53.9 Å². The van der Waals surface area contributed by atoms with Gasteiger partial charge >= 0.3 is 23.8 Å². The SMILES string of the molecule is CCOC(=O)[C@]1(c2cccc(-c3ccc4c(c3)C(=O)C[C@@](c3ccccc3)(C(F)(F)F)N4C)c2)OC(=O)c2ccccc2N1C. The zero-order chi connectivity index (χ0) is 32.1. The molecule has 2 heterocycles. The first-order chi connectivity index (χ1) is 21.5. The average Bonchev–Trinajstić information content (AvgIpc) is 3.04. The van der Waals surface area contributed by atoms with Gasteiger partial charge in [0.2, 0.25) is 0 Å². The number of carbonyl (C=O) groups is 3. The predicted octanol–water partition coefficient (Wildman–Crippen LogP) is 6.86. The van der Waals surface area contributed by atoms with Crippen molar-refractivity contribution in [2.75, 3.05) is 30.5 Å². The standard InChI is InChI=1S/C35H29F3N2O5/c1-4-44-32(43)34(40(3)28-16-9-8-15-26(28)31(42)45-34)25-14-10-11-22(19-25)23-17-18-29-27(20-23)30(41)21-33(39(29)2,35(36,37)38)24-12-6-5-7-13-24/h5-20H,4,21H2,1-3H3/t33-,34+/m1/s1. The van der Waals surface area contributed by atoms with E-state index in [1.165, 1.54) is 37.4 Å². The van der Waals surface area contributed by atoms with Crippen LogP contribution >= 0.6 is 0 Å². The number of Topliss-reactive ketones (excluding diaryl/α,β-unsaturated/α-hetero) is 1. The number of benzene rings is 4. The van der Waals surface area contributed by atoms with Crippen LogP contribution in [-0.4, -0.2) is 44.6 Å². The number of nitrogens with zero attached hydrogens (tertiary/aromatic N) is 2. The molecule has 0 N–H and O–H groups in total. The number of anilines is 2. The second-order valence-electron chi connectivity index (χ2n) is 11.0. The minimum absolute atomic E-state index is 0.0206. The second-order valence-corrected chi connectivity index (χ2v) is 11.0. The van der Waals surface area contributed by atoms with Crippen LogP contribution in [0.4, 0.5) is 24.5 Å². The molecular weight excluding hydrogens is 585 g/mol. The van der Waals surface area contributed by atoms with E-state index in [0.29, 0.717) is 27.9 Å². The topological polar surface area (TPSA) is 76.1 Å². The number of likely N-dealkylation sites (N-methyl/N-ethyl adjacent to an activating group) is 1. The van der Waals surface area contributed by atoms with Gasteiger partial charge in [-0.15, -0.1) is 0 Å². The van der Waals surface area contributed by atoms with E-state index in [2.05, 4.69) is 0 Å². The summed E-state index contributed by atoms with van der Waals surface area (Å²) in [6.07, 6.45) is -5.54. The van der Waals surface area contributed by atoms with E-state index in [0.717, 1.165) is 4.90 Å². The number of alkyl halides is 3. The molecule has 0 saturated carbocycles. The number of hydrogen-bond donors (Lipinski definition) is 0. The van der Waals surface area contributed by atoms with Crippen LogP contribution in [0.3, 0.4) is 0 Å². The molecule has 10 heteroatoms. The first-order valence-electron chi connectivity index (χ1n) is 14.3. The first kappa shape index (κ1) is 29.9. The molecule has 0 radical (unpaired) electrons. The Morgan fingerprint density at radius 3 is 2.16 bits per heavy atom. The van der Waals surface area contributed by atoms with Gasteiger partial charge in [0.25, 0.3) is 0 Å². The number of ketones is 1. The number of fused-ring (bicyclic) bond motifs is 2. The van der Waals surface area contributed by atoms with E-state index in [1.807, 2.05) is 0 Å². The van der Waals surface area contributed by atoms with Crippen molar-refractivity contribution in [3.8, 4) is 11.1 Å². The fraction of sp³-hybridized carbons (Fsp3) is 0.229. The summed E-state index contributed by atoms with van der Waals surface area (Å²) in [7, 11) is 2.97. The number of halogens is 3. The zero-order valence-corrected chi connectivity index (χ0v) is 24.7. The van der Waals surface area contributed by atoms with Crippen molar-refractivity contribution in [1.29, 1.82) is 0 Å². The molecule has 0 aromatic heterocycles. The third-order valence-electron chi connectivity index (χ3n) is 8.70. The maximum atomic E-state index is 14.8. The van der Waals surface area contributed by atoms with Crippen molar-refractivity contribution in [2.24, 2.45) is 0 Å². The van der Waals surface area contributed by atoms with Crippen LogP contribution < -0.4 is 9.80 Å². The molecule has 2 aliphatic heterocycles. The molecule has 2 aliphatic rings. The molecule has 45 heavy (non-hydrogen) atoms. The summed E-state index contributed by atoms with van der Waals surface area (Å²) in [6, 6.07) is 25.6. The van der Waals surface area contributed by atoms with Gasteiger partial charge in [-0.25, -0.2) is 9.59 Å². The van der Waals surface area contributed by atoms with Crippen LogP contribution in [0.25, 0.3) is 11.1 Å². The summed E-state index contributed by atoms with van der Waals surface area (Å²) in [5, 5.41) is 0. The number of cyclic esters (lactones) is 1. The van der Waals surface area contributed by atoms with Crippen molar-refractivity contribution in [3.05, 3.63) is 119 Å². The van der Waals surface area contributed by atoms with Crippen molar-refractivity contribution in [3.63, 3.8) is 0 Å². The van der Waals surface area contributed by atoms with Crippen molar-refractivity contribution < 1.29 is 37.0 Å². The fourth-order valence-corrected chi connectivity index (χ4v) is 6.40. The largest absolute Gasteiger partial charge is 0.461 e. The van der Waals surface area contributed by atoms with E-state index < -0.39 is 41.6 Å². The molecule has 2 atom stereocenters. The summed E-state index contributed by atoms with van der Waals surface area (Å²) in [6.45, 7) is 1.68. The molecule has 0 fully saturated rings. The maximum absolute atomic E-state index is 14.8. The van der Waals surface area contributed by atoms with Crippen LogP contribution in [0, 0.1) is 0 Å². The Morgan fingerprint density at radius 2 is 1.44 bits per heavy atom. The van der Waals surface area contributed by atoms with Gasteiger partial charge in [0, 0.05) is 37.3 Å². The molecule has 0 amide bonds. The Balaban J connectivity index is 1.45. The highest BCUT2D eigenvalue weighted by Gasteiger charge is 2.62. The van der Waals surface area contributed by atoms with Crippen LogP contribution in [0.15, 0.2) is 97.1 Å². The average molecular weight is 615 g/mol. The van der Waals surface area contributed by atoms with Gasteiger partial charge in [-0.2, -0.15) is 13.2 Å². The van der Waals surface area contributed by atoms with Crippen LogP contribution in [0.2, 0.25) is 0 Å². The Morgan fingerprint density at radius 1 is 0.800 bits per heavy atom. The van der Waals surface area contributed by atoms with Crippen molar-refractivity contribution in [1.82, 2.24) is 0 Å². The zero-order valence-electron chi connectivity index (χ0n) is 24.7. The second kappa shape index (κ2) is 10.8. The highest BCUT2D eigenvalue weighted by molar-refractivity contribution is 6.06. The Kier molecular flexibility index (Phi) is 7.18. The lowest BCUT2D eigenvalue weighted by Gasteiger charge is -2.47. The molecule has 0 bridgehead atoms. The lowest BCUT2D eigenvalue weighted by Crippen LogP contribution is -2.58. The number of esters is 2. The van der Waals surface area contributed by atoms with E-state index >= 15 is 0 Å². The molecule has 230 valence electrons. The highest BCUT2D eigenvalue weighted by Crippen LogP contribution is 2.52. The Hall–Kier alpha value is -5.12. The molecule has 0 unspecified atom stereocenters. The molecule has 4 aromatic rings. The van der Waals surface area contributed by atoms with Gasteiger partial charge in [0.15, 0.2) is 11.3 Å². The number of carbonyl (C=O) groups excluding carboxylic acids is 3. The quantitative estimate of drug-likeness (QED) is 0.228. The van der Waals surface area contributed by atoms with Gasteiger partial charge in [0.05, 0.1) is 17.9 Å². The monoisotopic (exact) mass is 614 g/mol. The predicted molar refractivity (Wildman–Crippen MR) is 162 cm³/mol. The summed E-state index contributed by atoms with van der Waals surface area (Å²) in [5.41, 5.74) is -2.08. The Bertz CT molecular complexity index is 1830. The number of hydrogen-bond acceptors (Lipinski definition) is 7. The normalized spacial score (nSPS) is 21.1. The third kappa shape index (κ3) is 4.46. The van der Waals surface area contributed by atoms with Crippen LogP contribution in [-0.2, 0) is 25.5 Å². The first-order valence-corrected chi connectivity index (χ1v) is 14.3. The molecule has 7 nitrogen and oxygen atoms in total. The van der Waals surface area contributed by atoms with Gasteiger partial charge in [-0.1, -0.05) is 66.7 Å². The molecular formula is C35H29F3N2O5. The molecule has 4 aromatic carbocycles. The summed E-state index contributed by atoms with van der Waals surface area (Å²) >= 11 is 0. The van der Waals surface area contributed by atoms with E-state index in [9.17, 15) is 27.6 Å². The minimum atomic E-state index is -4.74. The number of ether oxygens (including phenoxy) is 2. The number of rotatable bonds is 5. The molecule has 0 saturated heterocycles. The summed E-state index contributed by atoms with van der Waals surface area (Å²) < 4.78 is 55.7. The highest BCUT2D eigenvalue weighted by atomic mass is 19.4. The van der Waals surface area contributed by atoms with Crippen molar-refractivity contribution in [2.45, 2.75) is 30.8 Å². The van der Waals surface area contributed by atoms with Gasteiger partial charge in [-0.3, -0.25) is 4.79 Å². The molecule has 0 spiro atoms. The lowest BCUT2D eigenvalue weighted by atomic mass is 9.77. The fourth-order valence-electron chi connectivity index (χ4n) is 6.40. The minimum Gasteiger partial charge on any atom is -0.461 e. The number of para-hydroxylation sites is 1. The van der Waals surface area contributed by atoms with Crippen LogP contribution in [0.1, 0.15) is 45.2 Å². The van der Waals surface area contributed by atoms with E-state index in [4.69, 9.17) is 9.47 Å². The van der Waals surface area contributed by atoms with Crippen LogP contribution in [0.5, 0.6) is 0 Å². The molecule has 0 aliphatic carbocycles. The van der Waals surface area contributed by atoms with Gasteiger partial charge < -0.3 is 19.3 Å². The maximum Gasteiger partial charge on any atom is 0.416 e. The third-order valence-corrected chi connectivity index (χ3v) is 8.70. The summed E-state index contributed by atoms with van der Waals surface area (Å²) in [4.78, 5) is 42.9. The molecule has 6 rings (SSSR count). The van der Waals surface area contributed by atoms with E-state index in [1.54, 1.807) is 85.6 Å². The smallest absolute Gasteiger partial charge is 0.416 e. The lowest BCUT2D eigenvalue weighted by molar-refractivity contribution is -0.190.